The van der Waals surface area contributed by atoms with Gasteiger partial charge in [-0.05, 0) is 19.8 Å². The van der Waals surface area contributed by atoms with Gasteiger partial charge < -0.3 is 15.2 Å². The van der Waals surface area contributed by atoms with E-state index in [1.165, 1.54) is 0 Å². The molecule has 0 bridgehead atoms. The molecule has 0 spiro atoms. The standard InChI is InChI=1S/C12H26N2O2/c1-3-11-10-15-8-7-14(11)6-5-12(9-13)16-4-2/h11-12H,3-10,13H2,1-2H3. The van der Waals surface area contributed by atoms with Gasteiger partial charge in [0.1, 0.15) is 0 Å². The summed E-state index contributed by atoms with van der Waals surface area (Å²) in [5, 5.41) is 0. The summed E-state index contributed by atoms with van der Waals surface area (Å²) in [5.74, 6) is 0. The van der Waals surface area contributed by atoms with E-state index in [0.717, 1.165) is 45.8 Å². The topological polar surface area (TPSA) is 47.7 Å². The lowest BCUT2D eigenvalue weighted by Gasteiger charge is -2.35. The molecule has 2 N–H and O–H groups in total. The van der Waals surface area contributed by atoms with Gasteiger partial charge in [-0.1, -0.05) is 6.92 Å². The first-order valence-corrected chi connectivity index (χ1v) is 6.45. The van der Waals surface area contributed by atoms with Crippen molar-refractivity contribution in [1.29, 1.82) is 0 Å². The Hall–Kier alpha value is -0.160. The summed E-state index contributed by atoms with van der Waals surface area (Å²) in [6.07, 6.45) is 2.40. The van der Waals surface area contributed by atoms with Gasteiger partial charge in [-0.2, -0.15) is 0 Å². The highest BCUT2D eigenvalue weighted by Crippen LogP contribution is 2.11. The molecule has 4 nitrogen and oxygen atoms in total. The molecule has 96 valence electrons. The van der Waals surface area contributed by atoms with Gasteiger partial charge >= 0.3 is 0 Å². The molecular formula is C12H26N2O2. The molecule has 0 aliphatic carbocycles. The Morgan fingerprint density at radius 2 is 2.31 bits per heavy atom. The molecule has 1 aliphatic rings. The minimum Gasteiger partial charge on any atom is -0.378 e. The molecule has 1 rings (SSSR count). The minimum atomic E-state index is 0.213. The number of rotatable bonds is 7. The largest absolute Gasteiger partial charge is 0.378 e. The van der Waals surface area contributed by atoms with Crippen molar-refractivity contribution in [1.82, 2.24) is 4.90 Å². The van der Waals surface area contributed by atoms with Crippen LogP contribution in [0.1, 0.15) is 26.7 Å². The monoisotopic (exact) mass is 230 g/mol. The maximum atomic E-state index is 5.67. The third-order valence-electron chi connectivity index (χ3n) is 3.22. The Labute approximate surface area is 99.1 Å². The lowest BCUT2D eigenvalue weighted by atomic mass is 10.1. The van der Waals surface area contributed by atoms with Gasteiger partial charge in [0.25, 0.3) is 0 Å². The van der Waals surface area contributed by atoms with Crippen LogP contribution in [0.4, 0.5) is 0 Å². The fourth-order valence-electron chi connectivity index (χ4n) is 2.17. The van der Waals surface area contributed by atoms with Crippen LogP contribution in [-0.4, -0.2) is 56.5 Å². The Balaban J connectivity index is 2.28. The summed E-state index contributed by atoms with van der Waals surface area (Å²) in [5.41, 5.74) is 5.67. The Kier molecular flexibility index (Phi) is 6.96. The van der Waals surface area contributed by atoms with Crippen LogP contribution in [0.15, 0.2) is 0 Å². The molecular weight excluding hydrogens is 204 g/mol. The molecule has 1 heterocycles. The predicted octanol–water partition coefficient (Wildman–Crippen LogP) is 0.851. The Bertz CT molecular complexity index is 178. The second-order valence-electron chi connectivity index (χ2n) is 4.27. The lowest BCUT2D eigenvalue weighted by Crippen LogP contribution is -2.46. The molecule has 4 heteroatoms. The van der Waals surface area contributed by atoms with Gasteiger partial charge in [0.15, 0.2) is 0 Å². The Morgan fingerprint density at radius 1 is 1.50 bits per heavy atom. The molecule has 0 aromatic rings. The first-order chi connectivity index (χ1) is 7.81. The molecule has 0 aromatic carbocycles. The quantitative estimate of drug-likeness (QED) is 0.704. The molecule has 1 saturated heterocycles. The lowest BCUT2D eigenvalue weighted by molar-refractivity contribution is -0.0191. The number of ether oxygens (including phenoxy) is 2. The van der Waals surface area contributed by atoms with E-state index in [2.05, 4.69) is 11.8 Å². The number of hydrogen-bond donors (Lipinski definition) is 1. The maximum absolute atomic E-state index is 5.67. The van der Waals surface area contributed by atoms with Crippen LogP contribution >= 0.6 is 0 Å². The van der Waals surface area contributed by atoms with Crippen molar-refractivity contribution in [3.63, 3.8) is 0 Å². The molecule has 1 aliphatic heterocycles. The average molecular weight is 230 g/mol. The smallest absolute Gasteiger partial charge is 0.0709 e. The summed E-state index contributed by atoms with van der Waals surface area (Å²) >= 11 is 0. The zero-order valence-electron chi connectivity index (χ0n) is 10.7. The third kappa shape index (κ3) is 4.37. The molecule has 2 unspecified atom stereocenters. The van der Waals surface area contributed by atoms with Crippen LogP contribution in [-0.2, 0) is 9.47 Å². The summed E-state index contributed by atoms with van der Waals surface area (Å²) in [6, 6.07) is 0.578. The summed E-state index contributed by atoms with van der Waals surface area (Å²) in [6.45, 7) is 9.46. The molecule has 0 saturated carbocycles. The maximum Gasteiger partial charge on any atom is 0.0709 e. The summed E-state index contributed by atoms with van der Waals surface area (Å²) in [4.78, 5) is 2.51. The van der Waals surface area contributed by atoms with Gasteiger partial charge in [0.05, 0.1) is 19.3 Å². The SMILES string of the molecule is CCOC(CN)CCN1CCOCC1CC. The molecule has 0 aromatic heterocycles. The zero-order chi connectivity index (χ0) is 11.8. The second kappa shape index (κ2) is 8.01. The van der Waals surface area contributed by atoms with E-state index in [0.29, 0.717) is 12.6 Å². The first-order valence-electron chi connectivity index (χ1n) is 6.45. The number of hydrogen-bond acceptors (Lipinski definition) is 4. The third-order valence-corrected chi connectivity index (χ3v) is 3.22. The molecule has 0 amide bonds. The van der Waals surface area contributed by atoms with Gasteiger partial charge in [-0.3, -0.25) is 4.90 Å². The fourth-order valence-corrected chi connectivity index (χ4v) is 2.17. The van der Waals surface area contributed by atoms with Gasteiger partial charge in [0, 0.05) is 32.3 Å². The van der Waals surface area contributed by atoms with E-state index in [4.69, 9.17) is 15.2 Å². The van der Waals surface area contributed by atoms with Crippen LogP contribution in [0.3, 0.4) is 0 Å². The van der Waals surface area contributed by atoms with Gasteiger partial charge in [-0.15, -0.1) is 0 Å². The van der Waals surface area contributed by atoms with Crippen molar-refractivity contribution in [2.45, 2.75) is 38.8 Å². The van der Waals surface area contributed by atoms with E-state index in [9.17, 15) is 0 Å². The fraction of sp³-hybridized carbons (Fsp3) is 1.00. The van der Waals surface area contributed by atoms with Crippen LogP contribution in [0.2, 0.25) is 0 Å². The zero-order valence-corrected chi connectivity index (χ0v) is 10.7. The number of morpholine rings is 1. The van der Waals surface area contributed by atoms with E-state index in [1.807, 2.05) is 6.92 Å². The van der Waals surface area contributed by atoms with Crippen LogP contribution < -0.4 is 5.73 Å². The normalized spacial score (nSPS) is 24.6. The van der Waals surface area contributed by atoms with E-state index in [-0.39, 0.29) is 6.10 Å². The number of nitrogens with two attached hydrogens (primary N) is 1. The highest BCUT2D eigenvalue weighted by atomic mass is 16.5. The highest BCUT2D eigenvalue weighted by Gasteiger charge is 2.21. The summed E-state index contributed by atoms with van der Waals surface area (Å²) < 4.78 is 11.1. The van der Waals surface area contributed by atoms with Crippen molar-refractivity contribution in [3.05, 3.63) is 0 Å². The van der Waals surface area contributed by atoms with E-state index in [1.54, 1.807) is 0 Å². The van der Waals surface area contributed by atoms with Crippen LogP contribution in [0, 0.1) is 0 Å². The first kappa shape index (κ1) is 13.9. The summed E-state index contributed by atoms with van der Waals surface area (Å²) in [7, 11) is 0. The molecule has 2 atom stereocenters. The van der Waals surface area contributed by atoms with Gasteiger partial charge in [-0.25, -0.2) is 0 Å². The van der Waals surface area contributed by atoms with Gasteiger partial charge in [0.2, 0.25) is 0 Å². The number of nitrogens with zero attached hydrogens (tertiary/aromatic N) is 1. The van der Waals surface area contributed by atoms with E-state index < -0.39 is 0 Å². The molecule has 0 radical (unpaired) electrons. The highest BCUT2D eigenvalue weighted by molar-refractivity contribution is 4.75. The average Bonchev–Trinajstić information content (AvgIpc) is 2.34. The van der Waals surface area contributed by atoms with Crippen molar-refractivity contribution in [2.75, 3.05) is 39.5 Å². The second-order valence-corrected chi connectivity index (χ2v) is 4.27. The van der Waals surface area contributed by atoms with Crippen LogP contribution in [0.25, 0.3) is 0 Å². The molecule has 16 heavy (non-hydrogen) atoms. The van der Waals surface area contributed by atoms with Crippen molar-refractivity contribution in [3.8, 4) is 0 Å². The van der Waals surface area contributed by atoms with Crippen molar-refractivity contribution >= 4 is 0 Å². The van der Waals surface area contributed by atoms with Crippen molar-refractivity contribution < 1.29 is 9.47 Å². The predicted molar refractivity (Wildman–Crippen MR) is 65.6 cm³/mol. The minimum absolute atomic E-state index is 0.213. The van der Waals surface area contributed by atoms with E-state index >= 15 is 0 Å². The van der Waals surface area contributed by atoms with Crippen molar-refractivity contribution in [2.24, 2.45) is 5.73 Å². The molecule has 1 fully saturated rings. The Morgan fingerprint density at radius 3 is 2.94 bits per heavy atom. The van der Waals surface area contributed by atoms with Crippen LogP contribution in [0.5, 0.6) is 0 Å².